The van der Waals surface area contributed by atoms with Gasteiger partial charge in [0, 0.05) is 43.8 Å². The van der Waals surface area contributed by atoms with Crippen LogP contribution in [0.4, 0.5) is 5.82 Å². The highest BCUT2D eigenvalue weighted by Gasteiger charge is 2.27. The maximum absolute atomic E-state index is 12.5. The van der Waals surface area contributed by atoms with Gasteiger partial charge in [-0.15, -0.1) is 0 Å². The van der Waals surface area contributed by atoms with E-state index in [0.717, 1.165) is 5.39 Å². The van der Waals surface area contributed by atoms with Gasteiger partial charge in [-0.05, 0) is 12.1 Å². The minimum absolute atomic E-state index is 0.0532. The molecule has 3 N–H and O–H groups in total. The zero-order valence-corrected chi connectivity index (χ0v) is 11.6. The maximum atomic E-state index is 12.5. The first kappa shape index (κ1) is 13.2. The number of rotatable bonds is 2. The molecule has 0 saturated carbocycles. The summed E-state index contributed by atoms with van der Waals surface area (Å²) in [7, 11) is -3.55. The Balaban J connectivity index is 2.04. The lowest BCUT2D eigenvalue weighted by atomic mass is 10.3. The molecule has 0 aromatic carbocycles. The number of hydrogen-bond donors (Lipinski definition) is 2. The van der Waals surface area contributed by atoms with E-state index in [-0.39, 0.29) is 5.03 Å². The Hall–Kier alpha value is -1.77. The van der Waals surface area contributed by atoms with Crippen molar-refractivity contribution in [2.24, 2.45) is 0 Å². The van der Waals surface area contributed by atoms with E-state index < -0.39 is 10.0 Å². The Morgan fingerprint density at radius 1 is 1.25 bits per heavy atom. The zero-order chi connectivity index (χ0) is 14.2. The molecule has 7 nitrogen and oxygen atoms in total. The molecule has 8 heteroatoms. The summed E-state index contributed by atoms with van der Waals surface area (Å²) in [5.41, 5.74) is 6.14. The van der Waals surface area contributed by atoms with E-state index in [9.17, 15) is 8.42 Å². The van der Waals surface area contributed by atoms with E-state index in [1.54, 1.807) is 18.3 Å². The highest BCUT2D eigenvalue weighted by Crippen LogP contribution is 2.19. The molecular weight excluding hydrogens is 278 g/mol. The fourth-order valence-corrected chi connectivity index (χ4v) is 3.56. The van der Waals surface area contributed by atoms with Gasteiger partial charge in [-0.3, -0.25) is 0 Å². The molecule has 1 aliphatic rings. The van der Waals surface area contributed by atoms with Crippen molar-refractivity contribution < 1.29 is 8.42 Å². The van der Waals surface area contributed by atoms with Crippen LogP contribution in [-0.4, -0.2) is 48.9 Å². The van der Waals surface area contributed by atoms with Gasteiger partial charge in [-0.1, -0.05) is 0 Å². The normalized spacial score (nSPS) is 17.4. The number of hydrogen-bond acceptors (Lipinski definition) is 6. The third-order valence-corrected chi connectivity index (χ3v) is 5.05. The van der Waals surface area contributed by atoms with Gasteiger partial charge < -0.3 is 11.1 Å². The summed E-state index contributed by atoms with van der Waals surface area (Å²) in [6.45, 7) is 2.23. The second kappa shape index (κ2) is 4.97. The molecule has 106 valence electrons. The molecule has 1 aliphatic heterocycles. The van der Waals surface area contributed by atoms with E-state index in [1.165, 1.54) is 10.4 Å². The van der Waals surface area contributed by atoms with Crippen molar-refractivity contribution in [2.75, 3.05) is 31.9 Å². The topological polar surface area (TPSA) is 101 Å². The van der Waals surface area contributed by atoms with Gasteiger partial charge in [0.05, 0.1) is 5.52 Å². The van der Waals surface area contributed by atoms with E-state index in [2.05, 4.69) is 15.3 Å². The summed E-state index contributed by atoms with van der Waals surface area (Å²) in [5.74, 6) is 0.321. The Morgan fingerprint density at radius 2 is 2.00 bits per heavy atom. The Labute approximate surface area is 116 Å². The number of nitrogen functional groups attached to an aromatic ring is 1. The number of nitrogens with one attached hydrogen (secondary N) is 1. The van der Waals surface area contributed by atoms with E-state index in [1.807, 2.05) is 0 Å². The Bertz CT molecular complexity index is 741. The summed E-state index contributed by atoms with van der Waals surface area (Å²) < 4.78 is 26.5. The number of nitrogens with zero attached hydrogens (tertiary/aromatic N) is 3. The lowest BCUT2D eigenvalue weighted by Gasteiger charge is -2.26. The number of fused-ring (bicyclic) bond motifs is 1. The number of nitrogens with two attached hydrogens (primary N) is 1. The molecule has 2 aromatic rings. The van der Waals surface area contributed by atoms with Gasteiger partial charge in [0.2, 0.25) is 0 Å². The maximum Gasteiger partial charge on any atom is 0.260 e. The second-order valence-electron chi connectivity index (χ2n) is 4.61. The lowest BCUT2D eigenvalue weighted by Crippen LogP contribution is -2.46. The van der Waals surface area contributed by atoms with Crippen LogP contribution in [0.15, 0.2) is 29.4 Å². The summed E-state index contributed by atoms with van der Waals surface area (Å²) >= 11 is 0. The molecule has 0 unspecified atom stereocenters. The molecule has 1 fully saturated rings. The van der Waals surface area contributed by atoms with Gasteiger partial charge in [0.15, 0.2) is 5.03 Å². The largest absolute Gasteiger partial charge is 0.384 e. The predicted molar refractivity (Wildman–Crippen MR) is 75.6 cm³/mol. The van der Waals surface area contributed by atoms with Crippen LogP contribution in [0.3, 0.4) is 0 Å². The van der Waals surface area contributed by atoms with Gasteiger partial charge in [0.1, 0.15) is 5.82 Å². The number of pyridine rings is 2. The minimum Gasteiger partial charge on any atom is -0.384 e. The Kier molecular flexibility index (Phi) is 3.28. The van der Waals surface area contributed by atoms with Gasteiger partial charge in [0.25, 0.3) is 10.0 Å². The number of aromatic nitrogens is 2. The standard InChI is InChI=1S/C12H15N5O2S/c13-11-7-10-9(8-15-11)1-2-12(16-10)20(18,19)17-5-3-14-4-6-17/h1-2,7-8,14H,3-6H2,(H2,13,15). The van der Waals surface area contributed by atoms with E-state index in [4.69, 9.17) is 5.73 Å². The van der Waals surface area contributed by atoms with Crippen LogP contribution < -0.4 is 11.1 Å². The molecule has 20 heavy (non-hydrogen) atoms. The van der Waals surface area contributed by atoms with Crippen LogP contribution in [0.5, 0.6) is 0 Å². The van der Waals surface area contributed by atoms with Crippen LogP contribution in [0, 0.1) is 0 Å². The lowest BCUT2D eigenvalue weighted by molar-refractivity contribution is 0.359. The van der Waals surface area contributed by atoms with Crippen molar-refractivity contribution in [2.45, 2.75) is 5.03 Å². The highest BCUT2D eigenvalue weighted by molar-refractivity contribution is 7.89. The van der Waals surface area contributed by atoms with Crippen molar-refractivity contribution in [1.82, 2.24) is 19.6 Å². The quantitative estimate of drug-likeness (QED) is 0.795. The van der Waals surface area contributed by atoms with Crippen LogP contribution >= 0.6 is 0 Å². The predicted octanol–water partition coefficient (Wildman–Crippen LogP) is -0.194. The third kappa shape index (κ3) is 2.33. The molecule has 0 amide bonds. The van der Waals surface area contributed by atoms with Crippen molar-refractivity contribution in [3.8, 4) is 0 Å². The van der Waals surface area contributed by atoms with Crippen LogP contribution in [0.2, 0.25) is 0 Å². The smallest absolute Gasteiger partial charge is 0.260 e. The monoisotopic (exact) mass is 293 g/mol. The molecule has 2 aromatic heterocycles. The Morgan fingerprint density at radius 3 is 2.75 bits per heavy atom. The molecule has 1 saturated heterocycles. The van der Waals surface area contributed by atoms with Crippen molar-refractivity contribution in [1.29, 1.82) is 0 Å². The zero-order valence-electron chi connectivity index (χ0n) is 10.8. The number of sulfonamides is 1. The average Bonchev–Trinajstić information content (AvgIpc) is 2.47. The highest BCUT2D eigenvalue weighted by atomic mass is 32.2. The number of anilines is 1. The first-order valence-corrected chi connectivity index (χ1v) is 7.74. The fraction of sp³-hybridized carbons (Fsp3) is 0.333. The van der Waals surface area contributed by atoms with Crippen molar-refractivity contribution in [3.63, 3.8) is 0 Å². The van der Waals surface area contributed by atoms with E-state index >= 15 is 0 Å². The third-order valence-electron chi connectivity index (χ3n) is 3.25. The van der Waals surface area contributed by atoms with Crippen molar-refractivity contribution in [3.05, 3.63) is 24.4 Å². The molecule has 0 radical (unpaired) electrons. The summed E-state index contributed by atoms with van der Waals surface area (Å²) in [6, 6.07) is 4.79. The van der Waals surface area contributed by atoms with Gasteiger partial charge >= 0.3 is 0 Å². The molecular formula is C12H15N5O2S. The second-order valence-corrected chi connectivity index (χ2v) is 6.49. The number of piperazine rings is 1. The fourth-order valence-electron chi connectivity index (χ4n) is 2.17. The first-order chi connectivity index (χ1) is 9.57. The SMILES string of the molecule is Nc1cc2nc(S(=O)(=O)N3CCNCC3)ccc2cn1. The molecule has 0 bridgehead atoms. The molecule has 3 rings (SSSR count). The van der Waals surface area contributed by atoms with E-state index in [0.29, 0.717) is 37.5 Å². The van der Waals surface area contributed by atoms with Crippen LogP contribution in [0.25, 0.3) is 10.9 Å². The summed E-state index contributed by atoms with van der Waals surface area (Å²) in [4.78, 5) is 8.17. The minimum atomic E-state index is -3.55. The van der Waals surface area contributed by atoms with Crippen LogP contribution in [0.1, 0.15) is 0 Å². The van der Waals surface area contributed by atoms with Crippen molar-refractivity contribution >= 4 is 26.7 Å². The van der Waals surface area contributed by atoms with Gasteiger partial charge in [-0.2, -0.15) is 4.31 Å². The van der Waals surface area contributed by atoms with Gasteiger partial charge in [-0.25, -0.2) is 18.4 Å². The summed E-state index contributed by atoms with van der Waals surface area (Å²) in [5, 5.41) is 3.94. The molecule has 3 heterocycles. The average molecular weight is 293 g/mol. The van der Waals surface area contributed by atoms with Crippen LogP contribution in [-0.2, 0) is 10.0 Å². The molecule has 0 aliphatic carbocycles. The molecule has 0 atom stereocenters. The first-order valence-electron chi connectivity index (χ1n) is 6.30. The summed E-state index contributed by atoms with van der Waals surface area (Å²) in [6.07, 6.45) is 1.58. The molecule has 0 spiro atoms.